The molecule has 0 N–H and O–H groups in total. The zero-order valence-corrected chi connectivity index (χ0v) is 11.8. The lowest BCUT2D eigenvalue weighted by atomic mass is 10.1. The van der Waals surface area contributed by atoms with Crippen molar-refractivity contribution in [3.8, 4) is 5.75 Å². The summed E-state index contributed by atoms with van der Waals surface area (Å²) in [5, 5.41) is 11.7. The maximum Gasteiger partial charge on any atom is 0.209 e. The van der Waals surface area contributed by atoms with Crippen molar-refractivity contribution in [2.45, 2.75) is 12.1 Å². The molecule has 1 aromatic carbocycles. The van der Waals surface area contributed by atoms with Gasteiger partial charge in [0.2, 0.25) is 5.16 Å². The molecule has 0 atom stereocenters. The van der Waals surface area contributed by atoms with Gasteiger partial charge < -0.3 is 4.74 Å². The van der Waals surface area contributed by atoms with E-state index >= 15 is 0 Å². The molecule has 0 bridgehead atoms. The summed E-state index contributed by atoms with van der Waals surface area (Å²) in [6, 6.07) is 5.54. The monoisotopic (exact) mass is 278 g/mol. The highest BCUT2D eigenvalue weighted by Crippen LogP contribution is 2.23. The van der Waals surface area contributed by atoms with E-state index in [1.165, 1.54) is 16.4 Å². The van der Waals surface area contributed by atoms with Gasteiger partial charge in [-0.05, 0) is 29.5 Å². The van der Waals surface area contributed by atoms with Crippen LogP contribution in [0.4, 0.5) is 0 Å². The van der Waals surface area contributed by atoms with E-state index in [1.807, 2.05) is 19.1 Å². The van der Waals surface area contributed by atoms with Crippen molar-refractivity contribution in [2.24, 2.45) is 7.05 Å². The molecule has 1 aromatic heterocycles. The van der Waals surface area contributed by atoms with Crippen LogP contribution >= 0.6 is 11.8 Å². The average molecular weight is 278 g/mol. The number of Topliss-reactive ketones (excluding diaryl/α,β-unsaturated/α-hetero) is 1. The Morgan fingerprint density at radius 2 is 2.26 bits per heavy atom. The molecule has 0 unspecified atom stereocenters. The molecule has 2 rings (SSSR count). The molecular weight excluding hydrogens is 264 g/mol. The van der Waals surface area contributed by atoms with E-state index in [-0.39, 0.29) is 11.5 Å². The van der Waals surface area contributed by atoms with Crippen LogP contribution in [0.3, 0.4) is 0 Å². The van der Waals surface area contributed by atoms with Crippen LogP contribution in [0.1, 0.15) is 15.9 Å². The minimum atomic E-state index is -0.00597. The molecule has 0 aliphatic rings. The van der Waals surface area contributed by atoms with E-state index in [1.54, 1.807) is 20.2 Å². The van der Waals surface area contributed by atoms with Gasteiger partial charge in [-0.2, -0.15) is 0 Å². The first-order chi connectivity index (χ1) is 9.11. The van der Waals surface area contributed by atoms with Gasteiger partial charge in [0.1, 0.15) is 5.75 Å². The van der Waals surface area contributed by atoms with Crippen molar-refractivity contribution in [3.05, 3.63) is 29.3 Å². The Hall–Kier alpha value is -1.89. The van der Waals surface area contributed by atoms with Gasteiger partial charge in [-0.3, -0.25) is 4.79 Å². The Balaban J connectivity index is 2.12. The van der Waals surface area contributed by atoms with Gasteiger partial charge in [0.05, 0.1) is 18.4 Å². The third-order valence-electron chi connectivity index (χ3n) is 2.57. The van der Waals surface area contributed by atoms with Crippen LogP contribution < -0.4 is 4.74 Å². The highest BCUT2D eigenvalue weighted by Gasteiger charge is 2.14. The second-order valence-corrected chi connectivity index (χ2v) is 4.94. The van der Waals surface area contributed by atoms with Gasteiger partial charge in [-0.1, -0.05) is 23.4 Å². The smallest absolute Gasteiger partial charge is 0.209 e. The number of thioether (sulfide) groups is 1. The molecule has 1 heterocycles. The van der Waals surface area contributed by atoms with Crippen molar-refractivity contribution < 1.29 is 9.53 Å². The molecule has 0 saturated carbocycles. The summed E-state index contributed by atoms with van der Waals surface area (Å²) in [6.45, 7) is 1.94. The number of ether oxygens (including phenoxy) is 1. The Labute approximate surface area is 115 Å². The fourth-order valence-electron chi connectivity index (χ4n) is 1.59. The molecule has 0 amide bonds. The van der Waals surface area contributed by atoms with Crippen LogP contribution in [0.25, 0.3) is 0 Å². The summed E-state index contributed by atoms with van der Waals surface area (Å²) >= 11 is 1.30. The summed E-state index contributed by atoms with van der Waals surface area (Å²) in [4.78, 5) is 12.2. The van der Waals surface area contributed by atoms with Crippen molar-refractivity contribution in [3.63, 3.8) is 0 Å². The first-order valence-corrected chi connectivity index (χ1v) is 6.63. The number of carbonyl (C=O) groups excluding carboxylic acids is 1. The van der Waals surface area contributed by atoms with Crippen LogP contribution in [-0.4, -0.2) is 38.9 Å². The minimum Gasteiger partial charge on any atom is -0.496 e. The average Bonchev–Trinajstić information content (AvgIpc) is 2.81. The van der Waals surface area contributed by atoms with Gasteiger partial charge in [-0.15, -0.1) is 5.10 Å². The third kappa shape index (κ3) is 3.11. The first-order valence-electron chi connectivity index (χ1n) is 5.65. The fraction of sp³-hybridized carbons (Fsp3) is 0.333. The van der Waals surface area contributed by atoms with Gasteiger partial charge in [0.15, 0.2) is 5.78 Å². The summed E-state index contributed by atoms with van der Waals surface area (Å²) < 4.78 is 6.74. The van der Waals surface area contributed by atoms with Gasteiger partial charge in [0.25, 0.3) is 0 Å². The zero-order valence-electron chi connectivity index (χ0n) is 11.0. The number of hydrogen-bond acceptors (Lipinski definition) is 6. The number of aromatic nitrogens is 4. The Bertz CT molecular complexity index is 597. The molecule has 2 aromatic rings. The maximum absolute atomic E-state index is 12.2. The summed E-state index contributed by atoms with van der Waals surface area (Å²) in [5.74, 6) is 0.856. The van der Waals surface area contributed by atoms with Crippen LogP contribution in [0.15, 0.2) is 23.4 Å². The lowest BCUT2D eigenvalue weighted by Crippen LogP contribution is -2.06. The second kappa shape index (κ2) is 5.83. The molecule has 100 valence electrons. The predicted molar refractivity (Wildman–Crippen MR) is 71.6 cm³/mol. The predicted octanol–water partition coefficient (Wildman–Crippen LogP) is 1.50. The van der Waals surface area contributed by atoms with Crippen molar-refractivity contribution in [1.82, 2.24) is 20.2 Å². The van der Waals surface area contributed by atoms with Crippen LogP contribution in [0.2, 0.25) is 0 Å². The highest BCUT2D eigenvalue weighted by atomic mass is 32.2. The van der Waals surface area contributed by atoms with Gasteiger partial charge in [0, 0.05) is 7.05 Å². The molecule has 0 aliphatic heterocycles. The Kier molecular flexibility index (Phi) is 4.16. The number of rotatable bonds is 5. The number of methoxy groups -OCH3 is 1. The minimum absolute atomic E-state index is 0.00597. The van der Waals surface area contributed by atoms with Crippen LogP contribution in [-0.2, 0) is 7.05 Å². The third-order valence-corrected chi connectivity index (χ3v) is 3.58. The number of tetrazole rings is 1. The van der Waals surface area contributed by atoms with E-state index < -0.39 is 0 Å². The zero-order chi connectivity index (χ0) is 13.8. The van der Waals surface area contributed by atoms with Crippen molar-refractivity contribution in [1.29, 1.82) is 0 Å². The molecule has 0 saturated heterocycles. The molecule has 19 heavy (non-hydrogen) atoms. The molecule has 0 spiro atoms. The summed E-state index contributed by atoms with van der Waals surface area (Å²) in [6.07, 6.45) is 0. The van der Waals surface area contributed by atoms with Gasteiger partial charge in [-0.25, -0.2) is 4.68 Å². The van der Waals surface area contributed by atoms with Gasteiger partial charge >= 0.3 is 0 Å². The van der Waals surface area contributed by atoms with E-state index in [9.17, 15) is 4.79 Å². The maximum atomic E-state index is 12.2. The van der Waals surface area contributed by atoms with E-state index in [4.69, 9.17) is 4.74 Å². The van der Waals surface area contributed by atoms with E-state index in [0.717, 1.165) is 5.56 Å². The Morgan fingerprint density at radius 1 is 1.47 bits per heavy atom. The lowest BCUT2D eigenvalue weighted by Gasteiger charge is -2.08. The highest BCUT2D eigenvalue weighted by molar-refractivity contribution is 7.99. The lowest BCUT2D eigenvalue weighted by molar-refractivity contribution is 0.101. The first kappa shape index (κ1) is 13.5. The number of aryl methyl sites for hydroxylation is 2. The summed E-state index contributed by atoms with van der Waals surface area (Å²) in [5.41, 5.74) is 1.61. The molecular formula is C12H14N4O2S. The van der Waals surface area contributed by atoms with E-state index in [0.29, 0.717) is 16.5 Å². The van der Waals surface area contributed by atoms with E-state index in [2.05, 4.69) is 15.5 Å². The van der Waals surface area contributed by atoms with Crippen molar-refractivity contribution in [2.75, 3.05) is 12.9 Å². The normalized spacial score (nSPS) is 10.5. The fourth-order valence-corrected chi connectivity index (χ4v) is 2.32. The molecule has 0 fully saturated rings. The Morgan fingerprint density at radius 3 is 2.89 bits per heavy atom. The SMILES string of the molecule is COc1ccc(C)cc1C(=O)CSc1nnnn1C. The number of carbonyl (C=O) groups is 1. The quantitative estimate of drug-likeness (QED) is 0.610. The number of ketones is 1. The molecule has 6 nitrogen and oxygen atoms in total. The molecule has 7 heteroatoms. The molecule has 0 radical (unpaired) electrons. The topological polar surface area (TPSA) is 69.9 Å². The largest absolute Gasteiger partial charge is 0.496 e. The standard InChI is InChI=1S/C12H14N4O2S/c1-8-4-5-11(18-3)9(6-8)10(17)7-19-12-13-14-15-16(12)2/h4-6H,7H2,1-3H3. The molecule has 0 aliphatic carbocycles. The van der Waals surface area contributed by atoms with Crippen molar-refractivity contribution >= 4 is 17.5 Å². The van der Waals surface area contributed by atoms with Crippen LogP contribution in [0.5, 0.6) is 5.75 Å². The number of nitrogens with zero attached hydrogens (tertiary/aromatic N) is 4. The number of benzene rings is 1. The summed E-state index contributed by atoms with van der Waals surface area (Å²) in [7, 11) is 3.29. The number of hydrogen-bond donors (Lipinski definition) is 0. The second-order valence-electron chi connectivity index (χ2n) is 4.00. The van der Waals surface area contributed by atoms with Crippen LogP contribution in [0, 0.1) is 6.92 Å².